The fourth-order valence-electron chi connectivity index (χ4n) is 2.74. The number of hydrogen-bond acceptors (Lipinski definition) is 3. The molecule has 1 aromatic heterocycles. The minimum absolute atomic E-state index is 0.0609. The molecule has 1 amide bonds. The Balaban J connectivity index is 1.86. The van der Waals surface area contributed by atoms with Crippen LogP contribution in [-0.2, 0) is 17.8 Å². The monoisotopic (exact) mass is 326 g/mol. The summed E-state index contributed by atoms with van der Waals surface area (Å²) >= 11 is 1.50. The number of nitrogen functional groups attached to an aromatic ring is 1. The lowest BCUT2D eigenvalue weighted by molar-refractivity contribution is -0.639. The number of aromatic nitrogens is 1. The molecule has 3 aromatic rings. The number of amides is 1. The van der Waals surface area contributed by atoms with Crippen molar-refractivity contribution in [1.29, 1.82) is 0 Å². The molecule has 0 aliphatic carbocycles. The summed E-state index contributed by atoms with van der Waals surface area (Å²) in [6.45, 7) is 4.31. The van der Waals surface area contributed by atoms with Crippen LogP contribution in [0.15, 0.2) is 42.5 Å². The van der Waals surface area contributed by atoms with Crippen molar-refractivity contribution in [2.45, 2.75) is 26.8 Å². The highest BCUT2D eigenvalue weighted by atomic mass is 32.1. The number of para-hydroxylation sites is 2. The summed E-state index contributed by atoms with van der Waals surface area (Å²) in [7, 11) is 0. The molecule has 0 bridgehead atoms. The largest absolute Gasteiger partial charge is 0.333 e. The second-order valence-electron chi connectivity index (χ2n) is 5.50. The van der Waals surface area contributed by atoms with E-state index in [1.807, 2.05) is 54.0 Å². The van der Waals surface area contributed by atoms with Crippen LogP contribution in [0.3, 0.4) is 0 Å². The van der Waals surface area contributed by atoms with Gasteiger partial charge in [0.25, 0.3) is 5.91 Å². The van der Waals surface area contributed by atoms with Crippen molar-refractivity contribution >= 4 is 38.3 Å². The van der Waals surface area contributed by atoms with E-state index in [2.05, 4.69) is 12.2 Å². The van der Waals surface area contributed by atoms with Gasteiger partial charge in [-0.05, 0) is 47.9 Å². The molecule has 5 heteroatoms. The van der Waals surface area contributed by atoms with E-state index >= 15 is 0 Å². The summed E-state index contributed by atoms with van der Waals surface area (Å²) < 4.78 is 2.95. The van der Waals surface area contributed by atoms with Crippen LogP contribution >= 0.6 is 11.3 Å². The van der Waals surface area contributed by atoms with Gasteiger partial charge >= 0.3 is 5.13 Å². The summed E-state index contributed by atoms with van der Waals surface area (Å²) in [5.74, 6) is -0.0609. The average Bonchev–Trinajstić information content (AvgIpc) is 2.85. The summed E-state index contributed by atoms with van der Waals surface area (Å²) in [5.41, 5.74) is 10.2. The molecule has 1 heterocycles. The number of fused-ring (bicyclic) bond motifs is 1. The molecular formula is C18H20N3OS+. The van der Waals surface area contributed by atoms with Crippen LogP contribution in [0.1, 0.15) is 18.1 Å². The van der Waals surface area contributed by atoms with Gasteiger partial charge < -0.3 is 5.32 Å². The highest BCUT2D eigenvalue weighted by Crippen LogP contribution is 2.23. The van der Waals surface area contributed by atoms with E-state index in [1.54, 1.807) is 0 Å². The Morgan fingerprint density at radius 3 is 2.78 bits per heavy atom. The van der Waals surface area contributed by atoms with Crippen molar-refractivity contribution in [1.82, 2.24) is 0 Å². The average molecular weight is 326 g/mol. The third-order valence-electron chi connectivity index (χ3n) is 3.94. The summed E-state index contributed by atoms with van der Waals surface area (Å²) in [6.07, 6.45) is 0.883. The molecule has 0 aliphatic rings. The third kappa shape index (κ3) is 3.05. The SMILES string of the molecule is CCc1cccc(C)c1NC(=O)C[n+]1c(N)sc2ccccc21. The molecule has 0 spiro atoms. The van der Waals surface area contributed by atoms with E-state index in [0.29, 0.717) is 5.13 Å². The number of rotatable bonds is 4. The van der Waals surface area contributed by atoms with Crippen LogP contribution in [0.2, 0.25) is 0 Å². The molecule has 4 nitrogen and oxygen atoms in total. The third-order valence-corrected chi connectivity index (χ3v) is 4.94. The van der Waals surface area contributed by atoms with Gasteiger partial charge in [0.15, 0.2) is 6.54 Å². The van der Waals surface area contributed by atoms with E-state index in [-0.39, 0.29) is 12.5 Å². The molecule has 2 aromatic carbocycles. The summed E-state index contributed by atoms with van der Waals surface area (Å²) in [4.78, 5) is 12.5. The lowest BCUT2D eigenvalue weighted by Gasteiger charge is -2.12. The molecule has 0 radical (unpaired) electrons. The number of benzene rings is 2. The Kier molecular flexibility index (Phi) is 4.30. The second-order valence-corrected chi connectivity index (χ2v) is 6.57. The van der Waals surface area contributed by atoms with Crippen LogP contribution < -0.4 is 15.6 Å². The predicted molar refractivity (Wildman–Crippen MR) is 95.6 cm³/mol. The number of nitrogens with zero attached hydrogens (tertiary/aromatic N) is 1. The van der Waals surface area contributed by atoms with Crippen molar-refractivity contribution in [2.75, 3.05) is 11.1 Å². The van der Waals surface area contributed by atoms with Crippen LogP contribution in [0.4, 0.5) is 10.8 Å². The van der Waals surface area contributed by atoms with Crippen LogP contribution in [0, 0.1) is 6.92 Å². The number of anilines is 2. The van der Waals surface area contributed by atoms with Crippen molar-refractivity contribution in [3.63, 3.8) is 0 Å². The molecule has 0 atom stereocenters. The molecule has 0 fully saturated rings. The Hall–Kier alpha value is -2.40. The zero-order chi connectivity index (χ0) is 16.4. The number of hydrogen-bond donors (Lipinski definition) is 2. The van der Waals surface area contributed by atoms with Crippen molar-refractivity contribution in [3.8, 4) is 0 Å². The van der Waals surface area contributed by atoms with Crippen molar-refractivity contribution in [2.24, 2.45) is 0 Å². The first kappa shape index (κ1) is 15.5. The maximum atomic E-state index is 12.5. The topological polar surface area (TPSA) is 59.0 Å². The molecular weight excluding hydrogens is 306 g/mol. The number of nitrogens with one attached hydrogen (secondary N) is 1. The van der Waals surface area contributed by atoms with Gasteiger partial charge in [0.05, 0.1) is 4.70 Å². The maximum absolute atomic E-state index is 12.5. The fraction of sp³-hybridized carbons (Fsp3) is 0.222. The lowest BCUT2D eigenvalue weighted by atomic mass is 10.1. The predicted octanol–water partition coefficient (Wildman–Crippen LogP) is 3.28. The Morgan fingerprint density at radius 2 is 2.00 bits per heavy atom. The van der Waals surface area contributed by atoms with Gasteiger partial charge in [0.1, 0.15) is 5.52 Å². The second kappa shape index (κ2) is 6.38. The van der Waals surface area contributed by atoms with Gasteiger partial charge in [-0.15, -0.1) is 0 Å². The zero-order valence-electron chi connectivity index (χ0n) is 13.3. The van der Waals surface area contributed by atoms with Crippen LogP contribution in [0.5, 0.6) is 0 Å². The van der Waals surface area contributed by atoms with Gasteiger partial charge in [-0.1, -0.05) is 37.3 Å². The van der Waals surface area contributed by atoms with Gasteiger partial charge in [0.2, 0.25) is 0 Å². The smallest absolute Gasteiger partial charge is 0.322 e. The number of thiazole rings is 1. The van der Waals surface area contributed by atoms with Gasteiger partial charge in [-0.2, -0.15) is 0 Å². The summed E-state index contributed by atoms with van der Waals surface area (Å²) in [5, 5.41) is 3.69. The molecule has 0 saturated heterocycles. The fourth-order valence-corrected chi connectivity index (χ4v) is 3.67. The van der Waals surface area contributed by atoms with Gasteiger partial charge in [-0.3, -0.25) is 10.5 Å². The van der Waals surface area contributed by atoms with E-state index in [4.69, 9.17) is 5.73 Å². The number of carbonyl (C=O) groups is 1. The quantitative estimate of drug-likeness (QED) is 0.723. The molecule has 0 aliphatic heterocycles. The normalized spacial score (nSPS) is 10.9. The minimum atomic E-state index is -0.0609. The van der Waals surface area contributed by atoms with Gasteiger partial charge in [-0.25, -0.2) is 4.57 Å². The molecule has 23 heavy (non-hydrogen) atoms. The first-order chi connectivity index (χ1) is 11.1. The maximum Gasteiger partial charge on any atom is 0.333 e. The Labute approximate surface area is 139 Å². The van der Waals surface area contributed by atoms with Crippen molar-refractivity contribution in [3.05, 3.63) is 53.6 Å². The van der Waals surface area contributed by atoms with Crippen LogP contribution in [-0.4, -0.2) is 5.91 Å². The number of nitrogens with two attached hydrogens (primary N) is 1. The molecule has 0 saturated carbocycles. The van der Waals surface area contributed by atoms with Crippen molar-refractivity contribution < 1.29 is 9.36 Å². The zero-order valence-corrected chi connectivity index (χ0v) is 14.1. The Bertz CT molecular complexity index is 870. The first-order valence-electron chi connectivity index (χ1n) is 7.65. The number of carbonyl (C=O) groups excluding carboxylic acids is 1. The molecule has 3 N–H and O–H groups in total. The van der Waals surface area contributed by atoms with E-state index in [9.17, 15) is 4.79 Å². The van der Waals surface area contributed by atoms with E-state index in [1.165, 1.54) is 11.3 Å². The standard InChI is InChI=1S/C18H19N3OS/c1-3-13-8-6-7-12(2)17(13)20-16(22)11-21-14-9-4-5-10-15(14)23-18(21)19/h4-10,19H,3,11H2,1-2H3,(H,20,22)/p+1. The van der Waals surface area contributed by atoms with E-state index in [0.717, 1.165) is 33.5 Å². The van der Waals surface area contributed by atoms with Gasteiger partial charge in [0, 0.05) is 5.69 Å². The first-order valence-corrected chi connectivity index (χ1v) is 8.47. The molecule has 118 valence electrons. The highest BCUT2D eigenvalue weighted by molar-refractivity contribution is 7.21. The highest BCUT2D eigenvalue weighted by Gasteiger charge is 2.18. The summed E-state index contributed by atoms with van der Waals surface area (Å²) in [6, 6.07) is 14.0. The lowest BCUT2D eigenvalue weighted by Crippen LogP contribution is -2.41. The minimum Gasteiger partial charge on any atom is -0.322 e. The Morgan fingerprint density at radius 1 is 1.22 bits per heavy atom. The molecule has 3 rings (SSSR count). The van der Waals surface area contributed by atoms with E-state index < -0.39 is 0 Å². The number of aryl methyl sites for hydroxylation is 2. The molecule has 0 unspecified atom stereocenters. The van der Waals surface area contributed by atoms with Crippen LogP contribution in [0.25, 0.3) is 10.2 Å².